The molecule has 0 unspecified atom stereocenters. The fraction of sp³-hybridized carbons (Fsp3) is 0.600. The molecule has 3 rings (SSSR count). The van der Waals surface area contributed by atoms with Gasteiger partial charge >= 0.3 is 0 Å². The molecular weight excluding hydrogens is 210 g/mol. The van der Waals surface area contributed by atoms with Crippen LogP contribution in [-0.2, 0) is 0 Å². The quantitative estimate of drug-likeness (QED) is 0.742. The van der Waals surface area contributed by atoms with Crippen molar-refractivity contribution in [3.63, 3.8) is 0 Å². The molecule has 1 fully saturated rings. The van der Waals surface area contributed by atoms with Gasteiger partial charge in [-0.2, -0.15) is 0 Å². The summed E-state index contributed by atoms with van der Waals surface area (Å²) in [5.74, 6) is 1.86. The molecule has 1 heterocycles. The maximum Gasteiger partial charge on any atom is 0.124 e. The SMILES string of the molecule is CC1CCC2(CC1)C[C@H](N)c1ccccc1O2. The Balaban J connectivity index is 1.88. The lowest BCUT2D eigenvalue weighted by Gasteiger charge is -2.45. The van der Waals surface area contributed by atoms with Crippen LogP contribution in [-0.4, -0.2) is 5.60 Å². The Bertz CT molecular complexity index is 407. The largest absolute Gasteiger partial charge is 0.487 e. The lowest BCUT2D eigenvalue weighted by Crippen LogP contribution is -2.45. The van der Waals surface area contributed by atoms with Gasteiger partial charge in [0.15, 0.2) is 0 Å². The number of hydrogen-bond acceptors (Lipinski definition) is 2. The predicted octanol–water partition coefficient (Wildman–Crippen LogP) is 3.42. The molecule has 17 heavy (non-hydrogen) atoms. The van der Waals surface area contributed by atoms with Crippen LogP contribution < -0.4 is 10.5 Å². The Kier molecular flexibility index (Phi) is 2.62. The van der Waals surface area contributed by atoms with Gasteiger partial charge < -0.3 is 10.5 Å². The summed E-state index contributed by atoms with van der Waals surface area (Å²) in [6, 6.07) is 8.39. The van der Waals surface area contributed by atoms with Crippen molar-refractivity contribution in [2.24, 2.45) is 11.7 Å². The lowest BCUT2D eigenvalue weighted by atomic mass is 9.74. The van der Waals surface area contributed by atoms with E-state index in [9.17, 15) is 0 Å². The molecule has 2 aliphatic rings. The molecule has 92 valence electrons. The number of ether oxygens (including phenoxy) is 1. The normalized spacial score (nSPS) is 36.4. The van der Waals surface area contributed by atoms with Gasteiger partial charge in [-0.15, -0.1) is 0 Å². The van der Waals surface area contributed by atoms with Crippen molar-refractivity contribution in [1.82, 2.24) is 0 Å². The molecule has 0 bridgehead atoms. The average Bonchev–Trinajstić information content (AvgIpc) is 2.34. The van der Waals surface area contributed by atoms with Crippen LogP contribution in [0.25, 0.3) is 0 Å². The van der Waals surface area contributed by atoms with Crippen LogP contribution in [0.5, 0.6) is 5.75 Å². The summed E-state index contributed by atoms with van der Waals surface area (Å²) in [7, 11) is 0. The summed E-state index contributed by atoms with van der Waals surface area (Å²) in [5, 5.41) is 0. The summed E-state index contributed by atoms with van der Waals surface area (Å²) in [6.07, 6.45) is 5.85. The third-order valence-electron chi connectivity index (χ3n) is 4.42. The Morgan fingerprint density at radius 2 is 1.94 bits per heavy atom. The molecule has 2 heteroatoms. The number of rotatable bonds is 0. The standard InChI is InChI=1S/C15H21NO/c1-11-6-8-15(9-7-11)10-13(16)12-4-2-3-5-14(12)17-15/h2-5,11,13H,6-10,16H2,1H3/t11?,13-,15?/m0/s1. The number of nitrogens with two attached hydrogens (primary N) is 1. The third-order valence-corrected chi connectivity index (χ3v) is 4.42. The first-order valence-electron chi connectivity index (χ1n) is 6.72. The summed E-state index contributed by atoms with van der Waals surface area (Å²) in [5.41, 5.74) is 7.51. The molecule has 2 nitrogen and oxygen atoms in total. The van der Waals surface area contributed by atoms with E-state index in [1.165, 1.54) is 18.4 Å². The van der Waals surface area contributed by atoms with Crippen LogP contribution in [0.2, 0.25) is 0 Å². The van der Waals surface area contributed by atoms with Gasteiger partial charge in [-0.05, 0) is 37.7 Å². The maximum atomic E-state index is 6.31. The van der Waals surface area contributed by atoms with Crippen molar-refractivity contribution in [2.75, 3.05) is 0 Å². The molecule has 2 N–H and O–H groups in total. The molecule has 0 saturated heterocycles. The van der Waals surface area contributed by atoms with E-state index in [0.717, 1.165) is 30.9 Å². The smallest absolute Gasteiger partial charge is 0.124 e. The zero-order chi connectivity index (χ0) is 11.9. The minimum absolute atomic E-state index is 0.0281. The van der Waals surface area contributed by atoms with Crippen molar-refractivity contribution in [3.8, 4) is 5.75 Å². The molecule has 1 aromatic carbocycles. The van der Waals surface area contributed by atoms with Gasteiger partial charge in [0.25, 0.3) is 0 Å². The highest BCUT2D eigenvalue weighted by molar-refractivity contribution is 5.38. The van der Waals surface area contributed by atoms with Crippen LogP contribution in [0.15, 0.2) is 24.3 Å². The molecule has 1 spiro atoms. The highest BCUT2D eigenvalue weighted by Gasteiger charge is 2.41. The van der Waals surface area contributed by atoms with E-state index in [1.807, 2.05) is 12.1 Å². The van der Waals surface area contributed by atoms with Crippen LogP contribution in [0.4, 0.5) is 0 Å². The highest BCUT2D eigenvalue weighted by Crippen LogP contribution is 2.46. The van der Waals surface area contributed by atoms with Gasteiger partial charge in [-0.1, -0.05) is 25.1 Å². The Labute approximate surface area is 103 Å². The van der Waals surface area contributed by atoms with Gasteiger partial charge in [0.1, 0.15) is 11.4 Å². The summed E-state index contributed by atoms with van der Waals surface area (Å²) < 4.78 is 6.30. The molecule has 1 aliphatic carbocycles. The van der Waals surface area contributed by atoms with Crippen LogP contribution in [0, 0.1) is 5.92 Å². The first kappa shape index (κ1) is 11.1. The highest BCUT2D eigenvalue weighted by atomic mass is 16.5. The van der Waals surface area contributed by atoms with Gasteiger partial charge in [-0.25, -0.2) is 0 Å². The lowest BCUT2D eigenvalue weighted by molar-refractivity contribution is -0.00852. The first-order chi connectivity index (χ1) is 8.19. The van der Waals surface area contributed by atoms with Crippen molar-refractivity contribution < 1.29 is 4.74 Å². The Morgan fingerprint density at radius 3 is 2.71 bits per heavy atom. The summed E-state index contributed by atoms with van der Waals surface area (Å²) in [4.78, 5) is 0. The van der Waals surface area contributed by atoms with E-state index < -0.39 is 0 Å². The fourth-order valence-corrected chi connectivity index (χ4v) is 3.26. The average molecular weight is 231 g/mol. The monoisotopic (exact) mass is 231 g/mol. The second-order valence-corrected chi connectivity index (χ2v) is 5.82. The number of hydrogen-bond donors (Lipinski definition) is 1. The number of para-hydroxylation sites is 1. The van der Waals surface area contributed by atoms with Gasteiger partial charge in [0.2, 0.25) is 0 Å². The van der Waals surface area contributed by atoms with Crippen LogP contribution in [0.3, 0.4) is 0 Å². The van der Waals surface area contributed by atoms with E-state index in [-0.39, 0.29) is 11.6 Å². The predicted molar refractivity (Wildman–Crippen MR) is 69.0 cm³/mol. The molecular formula is C15H21NO. The van der Waals surface area contributed by atoms with Crippen LogP contribution in [0.1, 0.15) is 50.6 Å². The number of fused-ring (bicyclic) bond motifs is 1. The Hall–Kier alpha value is -1.02. The molecule has 0 amide bonds. The fourth-order valence-electron chi connectivity index (χ4n) is 3.26. The molecule has 1 aliphatic heterocycles. The molecule has 0 aromatic heterocycles. The zero-order valence-corrected chi connectivity index (χ0v) is 10.5. The second-order valence-electron chi connectivity index (χ2n) is 5.82. The van der Waals surface area contributed by atoms with Gasteiger partial charge in [-0.3, -0.25) is 0 Å². The topological polar surface area (TPSA) is 35.2 Å². The summed E-state index contributed by atoms with van der Waals surface area (Å²) in [6.45, 7) is 2.34. The Morgan fingerprint density at radius 1 is 1.24 bits per heavy atom. The van der Waals surface area contributed by atoms with E-state index in [1.54, 1.807) is 0 Å². The minimum atomic E-state index is 0.0281. The van der Waals surface area contributed by atoms with Crippen molar-refractivity contribution in [2.45, 2.75) is 50.7 Å². The number of benzene rings is 1. The van der Waals surface area contributed by atoms with E-state index >= 15 is 0 Å². The zero-order valence-electron chi connectivity index (χ0n) is 10.5. The van der Waals surface area contributed by atoms with Crippen LogP contribution >= 0.6 is 0 Å². The van der Waals surface area contributed by atoms with E-state index in [0.29, 0.717) is 0 Å². The van der Waals surface area contributed by atoms with Crippen molar-refractivity contribution >= 4 is 0 Å². The summed E-state index contributed by atoms with van der Waals surface area (Å²) >= 11 is 0. The van der Waals surface area contributed by atoms with Crippen molar-refractivity contribution in [3.05, 3.63) is 29.8 Å². The van der Waals surface area contributed by atoms with Crippen molar-refractivity contribution in [1.29, 1.82) is 0 Å². The van der Waals surface area contributed by atoms with Gasteiger partial charge in [0, 0.05) is 18.0 Å². The van der Waals surface area contributed by atoms with E-state index in [2.05, 4.69) is 19.1 Å². The minimum Gasteiger partial charge on any atom is -0.487 e. The first-order valence-corrected chi connectivity index (χ1v) is 6.72. The molecule has 0 radical (unpaired) electrons. The maximum absolute atomic E-state index is 6.31. The van der Waals surface area contributed by atoms with E-state index in [4.69, 9.17) is 10.5 Å². The molecule has 1 saturated carbocycles. The third kappa shape index (κ3) is 1.95. The molecule has 1 atom stereocenters. The van der Waals surface area contributed by atoms with Gasteiger partial charge in [0.05, 0.1) is 0 Å². The second kappa shape index (κ2) is 4.02. The molecule has 1 aromatic rings.